The maximum absolute atomic E-state index is 5.99. The van der Waals surface area contributed by atoms with E-state index >= 15 is 0 Å². The first-order chi connectivity index (χ1) is 8.36. The minimum absolute atomic E-state index is 0.396. The monoisotopic (exact) mass is 254 g/mol. The van der Waals surface area contributed by atoms with Crippen molar-refractivity contribution in [2.75, 3.05) is 5.75 Å². The third kappa shape index (κ3) is 4.57. The van der Waals surface area contributed by atoms with Crippen LogP contribution in [0.25, 0.3) is 0 Å². The minimum Gasteiger partial charge on any atom is -0.497 e. The van der Waals surface area contributed by atoms with Crippen LogP contribution in [0, 0.1) is 0 Å². The molecule has 1 nitrogen and oxygen atoms in total. The number of allylic oxidation sites excluding steroid dienone is 1. The van der Waals surface area contributed by atoms with Gasteiger partial charge >= 0.3 is 0 Å². The molecule has 2 rings (SSSR count). The van der Waals surface area contributed by atoms with E-state index in [9.17, 15) is 0 Å². The molecular formula is C15H26OS. The lowest BCUT2D eigenvalue weighted by molar-refractivity contribution is 0.152. The summed E-state index contributed by atoms with van der Waals surface area (Å²) in [5.74, 6) is 1.33. The van der Waals surface area contributed by atoms with Crippen LogP contribution in [0.2, 0.25) is 0 Å². The summed E-state index contributed by atoms with van der Waals surface area (Å²) < 4.78 is 5.99. The van der Waals surface area contributed by atoms with Crippen molar-refractivity contribution >= 4 is 11.8 Å². The van der Waals surface area contributed by atoms with Gasteiger partial charge in [0.15, 0.2) is 0 Å². The molecule has 17 heavy (non-hydrogen) atoms. The van der Waals surface area contributed by atoms with Gasteiger partial charge < -0.3 is 4.74 Å². The second-order valence-corrected chi connectivity index (χ2v) is 6.78. The van der Waals surface area contributed by atoms with Crippen molar-refractivity contribution < 1.29 is 4.74 Å². The van der Waals surface area contributed by atoms with E-state index in [-0.39, 0.29) is 0 Å². The van der Waals surface area contributed by atoms with Crippen LogP contribution in [0.5, 0.6) is 0 Å². The Hall–Kier alpha value is -0.110. The second-order valence-electron chi connectivity index (χ2n) is 5.44. The number of ether oxygens (including phenoxy) is 1. The highest BCUT2D eigenvalue weighted by atomic mass is 32.2. The standard InChI is InChI=1S/C15H26OS/c1-13(15-10-6-3-7-11-17-15)16-12-14-8-4-2-5-9-14/h12-13,15H,2-11H2,1H3. The number of hydrogen-bond acceptors (Lipinski definition) is 2. The Morgan fingerprint density at radius 1 is 1.12 bits per heavy atom. The van der Waals surface area contributed by atoms with E-state index in [0.717, 1.165) is 5.25 Å². The Balaban J connectivity index is 1.76. The van der Waals surface area contributed by atoms with Crippen molar-refractivity contribution in [2.45, 2.75) is 76.1 Å². The normalized spacial score (nSPS) is 28.3. The fourth-order valence-corrected chi connectivity index (χ4v) is 4.07. The molecule has 2 atom stereocenters. The van der Waals surface area contributed by atoms with Gasteiger partial charge in [0.2, 0.25) is 0 Å². The molecule has 2 heteroatoms. The van der Waals surface area contributed by atoms with Gasteiger partial charge in [0.25, 0.3) is 0 Å². The summed E-state index contributed by atoms with van der Waals surface area (Å²) in [6.45, 7) is 2.25. The van der Waals surface area contributed by atoms with Gasteiger partial charge in [0.1, 0.15) is 6.10 Å². The summed E-state index contributed by atoms with van der Waals surface area (Å²) >= 11 is 2.12. The Labute approximate surface area is 110 Å². The van der Waals surface area contributed by atoms with Crippen LogP contribution in [0.3, 0.4) is 0 Å². The highest BCUT2D eigenvalue weighted by Crippen LogP contribution is 2.29. The van der Waals surface area contributed by atoms with Crippen LogP contribution in [-0.4, -0.2) is 17.1 Å². The van der Waals surface area contributed by atoms with Crippen LogP contribution in [-0.2, 0) is 4.74 Å². The molecule has 1 saturated heterocycles. The zero-order valence-electron chi connectivity index (χ0n) is 11.1. The first-order valence-electron chi connectivity index (χ1n) is 7.31. The molecule has 0 aromatic rings. The Morgan fingerprint density at radius 2 is 1.88 bits per heavy atom. The number of hydrogen-bond donors (Lipinski definition) is 0. The van der Waals surface area contributed by atoms with Crippen molar-refractivity contribution in [3.8, 4) is 0 Å². The van der Waals surface area contributed by atoms with Crippen molar-refractivity contribution in [3.63, 3.8) is 0 Å². The number of rotatable bonds is 3. The summed E-state index contributed by atoms with van der Waals surface area (Å²) in [7, 11) is 0. The van der Waals surface area contributed by atoms with Gasteiger partial charge in [0.05, 0.1) is 6.26 Å². The van der Waals surface area contributed by atoms with Crippen molar-refractivity contribution in [1.82, 2.24) is 0 Å². The quantitative estimate of drug-likeness (QED) is 0.661. The summed E-state index contributed by atoms with van der Waals surface area (Å²) in [5.41, 5.74) is 1.54. The summed E-state index contributed by atoms with van der Waals surface area (Å²) in [4.78, 5) is 0. The van der Waals surface area contributed by atoms with E-state index in [1.54, 1.807) is 5.57 Å². The van der Waals surface area contributed by atoms with Crippen LogP contribution >= 0.6 is 11.8 Å². The molecule has 0 aromatic heterocycles. The molecular weight excluding hydrogens is 228 g/mol. The molecule has 1 saturated carbocycles. The molecule has 0 spiro atoms. The molecule has 1 heterocycles. The topological polar surface area (TPSA) is 9.23 Å². The molecule has 0 amide bonds. The van der Waals surface area contributed by atoms with Gasteiger partial charge in [-0.2, -0.15) is 11.8 Å². The zero-order chi connectivity index (χ0) is 11.9. The van der Waals surface area contributed by atoms with Crippen LogP contribution in [0.1, 0.15) is 64.7 Å². The summed E-state index contributed by atoms with van der Waals surface area (Å²) in [6.07, 6.45) is 14.7. The van der Waals surface area contributed by atoms with E-state index in [4.69, 9.17) is 4.74 Å². The van der Waals surface area contributed by atoms with Gasteiger partial charge in [-0.15, -0.1) is 0 Å². The van der Waals surface area contributed by atoms with E-state index in [2.05, 4.69) is 24.9 Å². The van der Waals surface area contributed by atoms with Gasteiger partial charge in [-0.25, -0.2) is 0 Å². The lowest BCUT2D eigenvalue weighted by Gasteiger charge is -2.22. The Kier molecular flexibility index (Phi) is 5.76. The SMILES string of the molecule is CC(OC=C1CCCCC1)C1CCCCCS1. The maximum atomic E-state index is 5.99. The largest absolute Gasteiger partial charge is 0.497 e. The van der Waals surface area contributed by atoms with Crippen molar-refractivity contribution in [1.29, 1.82) is 0 Å². The zero-order valence-corrected chi connectivity index (χ0v) is 11.9. The molecule has 0 radical (unpaired) electrons. The molecule has 2 fully saturated rings. The predicted octanol–water partition coefficient (Wildman–Crippen LogP) is 4.92. The van der Waals surface area contributed by atoms with Crippen molar-refractivity contribution in [3.05, 3.63) is 11.8 Å². The molecule has 1 aliphatic carbocycles. The summed E-state index contributed by atoms with van der Waals surface area (Å²) in [6, 6.07) is 0. The highest BCUT2D eigenvalue weighted by Gasteiger charge is 2.20. The van der Waals surface area contributed by atoms with Crippen LogP contribution in [0.15, 0.2) is 11.8 Å². The van der Waals surface area contributed by atoms with E-state index in [0.29, 0.717) is 6.10 Å². The third-order valence-electron chi connectivity index (χ3n) is 3.93. The Morgan fingerprint density at radius 3 is 2.71 bits per heavy atom. The highest BCUT2D eigenvalue weighted by molar-refractivity contribution is 7.99. The molecule has 98 valence electrons. The molecule has 0 bridgehead atoms. The first-order valence-corrected chi connectivity index (χ1v) is 8.36. The minimum atomic E-state index is 0.396. The maximum Gasteiger partial charge on any atom is 0.107 e. The lowest BCUT2D eigenvalue weighted by Crippen LogP contribution is -2.21. The number of thioether (sulfide) groups is 1. The van der Waals surface area contributed by atoms with Crippen molar-refractivity contribution in [2.24, 2.45) is 0 Å². The fraction of sp³-hybridized carbons (Fsp3) is 0.867. The second kappa shape index (κ2) is 7.35. The van der Waals surface area contributed by atoms with E-state index < -0.39 is 0 Å². The van der Waals surface area contributed by atoms with Crippen LogP contribution in [0.4, 0.5) is 0 Å². The van der Waals surface area contributed by atoms with Gasteiger partial charge in [0, 0.05) is 5.25 Å². The Bertz CT molecular complexity index is 233. The average molecular weight is 254 g/mol. The van der Waals surface area contributed by atoms with E-state index in [1.165, 1.54) is 63.5 Å². The molecule has 2 unspecified atom stereocenters. The molecule has 0 aromatic carbocycles. The fourth-order valence-electron chi connectivity index (χ4n) is 2.73. The third-order valence-corrected chi connectivity index (χ3v) is 5.51. The molecule has 0 N–H and O–H groups in total. The molecule has 1 aliphatic heterocycles. The van der Waals surface area contributed by atoms with Crippen LogP contribution < -0.4 is 0 Å². The predicted molar refractivity (Wildman–Crippen MR) is 76.4 cm³/mol. The van der Waals surface area contributed by atoms with E-state index in [1.807, 2.05) is 0 Å². The summed E-state index contributed by atoms with van der Waals surface area (Å²) in [5, 5.41) is 0.720. The smallest absolute Gasteiger partial charge is 0.107 e. The van der Waals surface area contributed by atoms with Gasteiger partial charge in [-0.3, -0.25) is 0 Å². The first kappa shape index (κ1) is 13.3. The van der Waals surface area contributed by atoms with Gasteiger partial charge in [-0.05, 0) is 56.8 Å². The average Bonchev–Trinajstić information content (AvgIpc) is 2.66. The lowest BCUT2D eigenvalue weighted by atomic mass is 9.96. The molecule has 2 aliphatic rings. The van der Waals surface area contributed by atoms with Gasteiger partial charge in [-0.1, -0.05) is 19.3 Å².